The Morgan fingerprint density at radius 1 is 1.37 bits per heavy atom. The van der Waals surface area contributed by atoms with Crippen molar-refractivity contribution in [2.75, 3.05) is 12.3 Å². The topological polar surface area (TPSA) is 48.1 Å². The van der Waals surface area contributed by atoms with Crippen molar-refractivity contribution in [1.29, 1.82) is 0 Å². The summed E-state index contributed by atoms with van der Waals surface area (Å²) < 4.78 is 5.92. The van der Waals surface area contributed by atoms with Crippen LogP contribution in [0.25, 0.3) is 0 Å². The van der Waals surface area contributed by atoms with E-state index in [0.29, 0.717) is 5.82 Å². The second-order valence-corrected chi connectivity index (χ2v) is 5.07. The second kappa shape index (κ2) is 5.02. The Bertz CT molecular complexity index is 595. The lowest BCUT2D eigenvalue weighted by molar-refractivity contribution is 0.0428. The van der Waals surface area contributed by atoms with Crippen LogP contribution in [-0.4, -0.2) is 11.6 Å². The van der Waals surface area contributed by atoms with Gasteiger partial charge in [-0.1, -0.05) is 30.3 Å². The van der Waals surface area contributed by atoms with Gasteiger partial charge in [0.2, 0.25) is 0 Å². The smallest absolute Gasteiger partial charge is 0.126 e. The summed E-state index contributed by atoms with van der Waals surface area (Å²) >= 11 is 0. The molecular formula is C16H18N2O. The zero-order valence-corrected chi connectivity index (χ0v) is 11.1. The van der Waals surface area contributed by atoms with E-state index in [9.17, 15) is 0 Å². The zero-order valence-electron chi connectivity index (χ0n) is 11.1. The predicted molar refractivity (Wildman–Crippen MR) is 75.9 cm³/mol. The largest absolute Gasteiger partial charge is 0.383 e. The summed E-state index contributed by atoms with van der Waals surface area (Å²) in [7, 11) is 0. The van der Waals surface area contributed by atoms with Crippen LogP contribution >= 0.6 is 0 Å². The molecule has 3 rings (SSSR count). The molecule has 1 aliphatic heterocycles. The average Bonchev–Trinajstić information content (AvgIpc) is 2.43. The number of hydrogen-bond acceptors (Lipinski definition) is 3. The Morgan fingerprint density at radius 3 is 3.11 bits per heavy atom. The van der Waals surface area contributed by atoms with Crippen molar-refractivity contribution in [3.05, 3.63) is 58.8 Å². The van der Waals surface area contributed by atoms with Crippen LogP contribution in [0.4, 0.5) is 5.82 Å². The number of nitrogens with zero attached hydrogens (tertiary/aromatic N) is 1. The standard InChI is InChI=1S/C16H18N2O/c1-11-8-13(16(17)18-10-11)9-15-14-5-3-2-4-12(14)6-7-19-15/h2-5,8,10,15H,6-7,9H2,1H3,(H2,17,18). The first-order valence-electron chi connectivity index (χ1n) is 6.64. The van der Waals surface area contributed by atoms with Crippen LogP contribution in [0.2, 0.25) is 0 Å². The van der Waals surface area contributed by atoms with Crippen LogP contribution in [-0.2, 0) is 17.6 Å². The molecule has 2 aromatic rings. The first-order chi connectivity index (χ1) is 9.24. The average molecular weight is 254 g/mol. The van der Waals surface area contributed by atoms with Crippen LogP contribution in [0.1, 0.15) is 28.4 Å². The quantitative estimate of drug-likeness (QED) is 0.896. The van der Waals surface area contributed by atoms with Crippen molar-refractivity contribution in [3.8, 4) is 0 Å². The Balaban J connectivity index is 1.90. The van der Waals surface area contributed by atoms with Gasteiger partial charge in [-0.3, -0.25) is 0 Å². The maximum absolute atomic E-state index is 5.96. The normalized spacial score (nSPS) is 18.1. The van der Waals surface area contributed by atoms with Crippen LogP contribution in [0.3, 0.4) is 0 Å². The number of hydrogen-bond donors (Lipinski definition) is 1. The highest BCUT2D eigenvalue weighted by molar-refractivity contribution is 5.42. The Hall–Kier alpha value is -1.87. The monoisotopic (exact) mass is 254 g/mol. The number of benzene rings is 1. The van der Waals surface area contributed by atoms with E-state index in [1.54, 1.807) is 6.20 Å². The number of aromatic nitrogens is 1. The van der Waals surface area contributed by atoms with Gasteiger partial charge in [0.15, 0.2) is 0 Å². The molecule has 1 unspecified atom stereocenters. The van der Waals surface area contributed by atoms with Crippen LogP contribution in [0.15, 0.2) is 36.5 Å². The van der Waals surface area contributed by atoms with Crippen molar-refractivity contribution < 1.29 is 4.74 Å². The van der Waals surface area contributed by atoms with Gasteiger partial charge in [-0.2, -0.15) is 0 Å². The van der Waals surface area contributed by atoms with E-state index in [0.717, 1.165) is 30.6 Å². The van der Waals surface area contributed by atoms with Gasteiger partial charge in [0.05, 0.1) is 12.7 Å². The molecule has 0 fully saturated rings. The van der Waals surface area contributed by atoms with E-state index in [2.05, 4.69) is 35.3 Å². The highest BCUT2D eigenvalue weighted by Crippen LogP contribution is 2.30. The maximum Gasteiger partial charge on any atom is 0.126 e. The summed E-state index contributed by atoms with van der Waals surface area (Å²) in [5.74, 6) is 0.609. The van der Waals surface area contributed by atoms with Gasteiger partial charge >= 0.3 is 0 Å². The van der Waals surface area contributed by atoms with Gasteiger partial charge in [-0.25, -0.2) is 4.98 Å². The fourth-order valence-corrected chi connectivity index (χ4v) is 2.65. The Kier molecular flexibility index (Phi) is 3.22. The molecule has 1 aromatic carbocycles. The molecule has 0 amide bonds. The molecule has 3 heteroatoms. The van der Waals surface area contributed by atoms with Gasteiger partial charge in [-0.15, -0.1) is 0 Å². The van der Waals surface area contributed by atoms with Crippen molar-refractivity contribution in [2.45, 2.75) is 25.9 Å². The third-order valence-electron chi connectivity index (χ3n) is 3.64. The van der Waals surface area contributed by atoms with E-state index in [4.69, 9.17) is 10.5 Å². The molecule has 98 valence electrons. The molecule has 0 saturated carbocycles. The molecule has 0 saturated heterocycles. The third kappa shape index (κ3) is 2.47. The third-order valence-corrected chi connectivity index (χ3v) is 3.64. The SMILES string of the molecule is Cc1cnc(N)c(CC2OCCc3ccccc32)c1. The highest BCUT2D eigenvalue weighted by Gasteiger charge is 2.21. The lowest BCUT2D eigenvalue weighted by Gasteiger charge is -2.26. The summed E-state index contributed by atoms with van der Waals surface area (Å²) in [5.41, 5.74) is 10.8. The van der Waals surface area contributed by atoms with Crippen molar-refractivity contribution in [2.24, 2.45) is 0 Å². The number of nitrogens with two attached hydrogens (primary N) is 1. The molecule has 1 aromatic heterocycles. The molecule has 3 nitrogen and oxygen atoms in total. The van der Waals surface area contributed by atoms with Crippen LogP contribution in [0, 0.1) is 6.92 Å². The number of rotatable bonds is 2. The molecule has 0 aliphatic carbocycles. The molecule has 1 atom stereocenters. The number of pyridine rings is 1. The molecule has 1 aliphatic rings. The first-order valence-corrected chi connectivity index (χ1v) is 6.64. The highest BCUT2D eigenvalue weighted by atomic mass is 16.5. The lowest BCUT2D eigenvalue weighted by Crippen LogP contribution is -2.18. The summed E-state index contributed by atoms with van der Waals surface area (Å²) in [6.45, 7) is 2.81. The minimum Gasteiger partial charge on any atom is -0.383 e. The summed E-state index contributed by atoms with van der Waals surface area (Å²) in [4.78, 5) is 4.22. The van der Waals surface area contributed by atoms with E-state index in [1.807, 2.05) is 6.92 Å². The van der Waals surface area contributed by atoms with Crippen molar-refractivity contribution >= 4 is 5.82 Å². The predicted octanol–water partition coefficient (Wildman–Crippen LogP) is 2.83. The van der Waals surface area contributed by atoms with Gasteiger partial charge in [0.25, 0.3) is 0 Å². The Morgan fingerprint density at radius 2 is 2.21 bits per heavy atom. The maximum atomic E-state index is 5.96. The first kappa shape index (κ1) is 12.2. The molecule has 19 heavy (non-hydrogen) atoms. The van der Waals surface area contributed by atoms with Crippen LogP contribution < -0.4 is 5.73 Å². The van der Waals surface area contributed by atoms with Crippen molar-refractivity contribution in [1.82, 2.24) is 4.98 Å². The fourth-order valence-electron chi connectivity index (χ4n) is 2.65. The molecule has 0 bridgehead atoms. The molecular weight excluding hydrogens is 236 g/mol. The van der Waals surface area contributed by atoms with Gasteiger partial charge < -0.3 is 10.5 Å². The summed E-state index contributed by atoms with van der Waals surface area (Å²) in [6, 6.07) is 10.6. The van der Waals surface area contributed by atoms with Gasteiger partial charge in [-0.05, 0) is 35.6 Å². The van der Waals surface area contributed by atoms with E-state index in [1.165, 1.54) is 11.1 Å². The Labute approximate surface area is 113 Å². The number of fused-ring (bicyclic) bond motifs is 1. The molecule has 0 spiro atoms. The minimum absolute atomic E-state index is 0.0934. The molecule has 0 radical (unpaired) electrons. The van der Waals surface area contributed by atoms with E-state index < -0.39 is 0 Å². The second-order valence-electron chi connectivity index (χ2n) is 5.07. The number of nitrogen functional groups attached to an aromatic ring is 1. The lowest BCUT2D eigenvalue weighted by atomic mass is 9.93. The van der Waals surface area contributed by atoms with Crippen LogP contribution in [0.5, 0.6) is 0 Å². The summed E-state index contributed by atoms with van der Waals surface area (Å²) in [5, 5.41) is 0. The van der Waals surface area contributed by atoms with Gasteiger partial charge in [0.1, 0.15) is 5.82 Å². The number of ether oxygens (including phenoxy) is 1. The number of aryl methyl sites for hydroxylation is 1. The van der Waals surface area contributed by atoms with E-state index >= 15 is 0 Å². The van der Waals surface area contributed by atoms with E-state index in [-0.39, 0.29) is 6.10 Å². The fraction of sp³-hybridized carbons (Fsp3) is 0.312. The molecule has 2 N–H and O–H groups in total. The minimum atomic E-state index is 0.0934. The van der Waals surface area contributed by atoms with Gasteiger partial charge in [0, 0.05) is 12.6 Å². The van der Waals surface area contributed by atoms with Crippen molar-refractivity contribution in [3.63, 3.8) is 0 Å². The molecule has 2 heterocycles. The number of anilines is 1. The summed E-state index contributed by atoms with van der Waals surface area (Å²) in [6.07, 6.45) is 3.68. The zero-order chi connectivity index (χ0) is 13.2.